The number of aliphatic hydroxyl groups is 5. The molecule has 0 spiro atoms. The fraction of sp³-hybridized carbons (Fsp3) is 0.818. The Balaban J connectivity index is 1.19. The number of aliphatic hydroxyl groups excluding tert-OH is 5. The summed E-state index contributed by atoms with van der Waals surface area (Å²) in [5.41, 5.74) is 1.97. The number of hydrogen-bond acceptors (Lipinski definition) is 12. The highest BCUT2D eigenvalue weighted by Gasteiger charge is 2.70. The number of hydrogen-bond donors (Lipinski definition) is 6. The molecule has 4 saturated carbocycles. The fourth-order valence-electron chi connectivity index (χ4n) is 13.0. The predicted molar refractivity (Wildman–Crippen MR) is 208 cm³/mol. The smallest absolute Gasteiger partial charge is 0.331 e. The van der Waals surface area contributed by atoms with Gasteiger partial charge in [-0.2, -0.15) is 0 Å². The molecular formula is C44H68O13. The van der Waals surface area contributed by atoms with Gasteiger partial charge in [-0.05, 0) is 123 Å². The Hall–Kier alpha value is -2.20. The van der Waals surface area contributed by atoms with E-state index in [1.807, 2.05) is 13.8 Å². The van der Waals surface area contributed by atoms with Crippen molar-refractivity contribution in [3.8, 4) is 0 Å². The number of aliphatic carboxylic acids is 1. The van der Waals surface area contributed by atoms with Gasteiger partial charge in [0.1, 0.15) is 42.7 Å². The molecule has 322 valence electrons. The van der Waals surface area contributed by atoms with Crippen molar-refractivity contribution in [2.45, 2.75) is 168 Å². The van der Waals surface area contributed by atoms with Crippen molar-refractivity contribution in [2.75, 3.05) is 13.2 Å². The fourth-order valence-corrected chi connectivity index (χ4v) is 13.0. The normalized spacial score (nSPS) is 47.6. The minimum Gasteiger partial charge on any atom is -0.478 e. The molecule has 57 heavy (non-hydrogen) atoms. The second-order valence-corrected chi connectivity index (χ2v) is 19.1. The minimum absolute atomic E-state index is 0.00336. The third-order valence-electron chi connectivity index (χ3n) is 15.6. The second kappa shape index (κ2) is 17.0. The van der Waals surface area contributed by atoms with Gasteiger partial charge >= 0.3 is 11.9 Å². The molecule has 18 atom stereocenters. The zero-order valence-corrected chi connectivity index (χ0v) is 35.0. The van der Waals surface area contributed by atoms with Crippen LogP contribution in [0, 0.1) is 45.8 Å². The quantitative estimate of drug-likeness (QED) is 0.0975. The predicted octanol–water partition coefficient (Wildman–Crippen LogP) is 4.42. The molecule has 0 radical (unpaired) electrons. The maximum Gasteiger partial charge on any atom is 0.331 e. The Labute approximate surface area is 337 Å². The van der Waals surface area contributed by atoms with Crippen LogP contribution in [0.15, 0.2) is 34.9 Å². The number of carbonyl (C=O) groups excluding carboxylic acids is 1. The molecule has 0 bridgehead atoms. The number of esters is 1. The number of rotatable bonds is 11. The molecule has 0 aromatic rings. The number of carbonyl (C=O) groups is 2. The number of allylic oxidation sites excluding steroid dienone is 2. The monoisotopic (exact) mass is 804 g/mol. The maximum absolute atomic E-state index is 13.0. The van der Waals surface area contributed by atoms with Crippen molar-refractivity contribution in [1.29, 1.82) is 0 Å². The Morgan fingerprint density at radius 1 is 0.895 bits per heavy atom. The first kappa shape index (κ1) is 44.4. The van der Waals surface area contributed by atoms with Gasteiger partial charge in [0.05, 0.1) is 19.3 Å². The van der Waals surface area contributed by atoms with Crippen LogP contribution in [-0.4, -0.2) is 117 Å². The first-order valence-electron chi connectivity index (χ1n) is 21.1. The van der Waals surface area contributed by atoms with Crippen LogP contribution >= 0.6 is 0 Å². The number of carboxylic acids is 1. The number of ether oxygens (including phenoxy) is 5. The Morgan fingerprint density at radius 3 is 2.23 bits per heavy atom. The van der Waals surface area contributed by atoms with Crippen molar-refractivity contribution in [3.05, 3.63) is 34.9 Å². The topological polar surface area (TPSA) is 202 Å². The van der Waals surface area contributed by atoms with Crippen molar-refractivity contribution < 1.29 is 63.9 Å². The maximum atomic E-state index is 13.0. The molecular weight excluding hydrogens is 736 g/mol. The Morgan fingerprint density at radius 2 is 1.60 bits per heavy atom. The van der Waals surface area contributed by atoms with E-state index in [0.29, 0.717) is 42.6 Å². The van der Waals surface area contributed by atoms with E-state index in [4.69, 9.17) is 23.7 Å². The third-order valence-corrected chi connectivity index (χ3v) is 15.6. The van der Waals surface area contributed by atoms with Gasteiger partial charge in [-0.3, -0.25) is 4.79 Å². The van der Waals surface area contributed by atoms with Gasteiger partial charge in [0.2, 0.25) is 0 Å². The van der Waals surface area contributed by atoms with Crippen molar-refractivity contribution in [2.24, 2.45) is 45.8 Å². The van der Waals surface area contributed by atoms with E-state index in [1.54, 1.807) is 12.2 Å². The summed E-state index contributed by atoms with van der Waals surface area (Å²) in [5, 5.41) is 61.3. The van der Waals surface area contributed by atoms with Gasteiger partial charge in [-0.25, -0.2) is 4.79 Å². The lowest BCUT2D eigenvalue weighted by molar-refractivity contribution is -0.321. The highest BCUT2D eigenvalue weighted by Crippen LogP contribution is 2.75. The summed E-state index contributed by atoms with van der Waals surface area (Å²) in [4.78, 5) is 25.5. The highest BCUT2D eigenvalue weighted by molar-refractivity contribution is 5.88. The highest BCUT2D eigenvalue weighted by atomic mass is 16.7. The van der Waals surface area contributed by atoms with Gasteiger partial charge in [-0.15, -0.1) is 0 Å². The van der Waals surface area contributed by atoms with E-state index in [0.717, 1.165) is 43.3 Å². The summed E-state index contributed by atoms with van der Waals surface area (Å²) in [6.07, 6.45) is 1.36. The third kappa shape index (κ3) is 7.94. The van der Waals surface area contributed by atoms with E-state index < -0.39 is 74.5 Å². The molecule has 1 saturated heterocycles. The standard InChI is InChI=1S/C44H68O13/c1-22(2)10-9-11-26(40(51)52)35-28-18-23(3)39-42(6)16-15-29(24(4)27(42)14-17-43(39,7)44(28,8)19-31(35)53-25(5)47)54-34-13-12-30(32(20-45)55-34)56-41-38(50)37(49)36(48)33(21-46)57-41/h10,12-13,23-24,27-34,36-39,41,45-46,48-50H,9,11,14-21H2,1-8H3,(H,51,52)/b35-26-/t23-,24+,27+,28+,29-,30-,31?,32?,33?,34+,36-,37?,38?,39?,41-,42?,43+,44?/m1/s1. The molecule has 6 rings (SSSR count). The molecule has 4 aliphatic carbocycles. The van der Waals surface area contributed by atoms with Crippen LogP contribution in [0.4, 0.5) is 0 Å². The lowest BCUT2D eigenvalue weighted by Crippen LogP contribution is -2.64. The molecule has 0 amide bonds. The molecule has 13 heteroatoms. The van der Waals surface area contributed by atoms with Crippen LogP contribution in [-0.2, 0) is 33.3 Å². The van der Waals surface area contributed by atoms with E-state index in [1.165, 1.54) is 6.92 Å². The first-order valence-corrected chi connectivity index (χ1v) is 21.1. The summed E-state index contributed by atoms with van der Waals surface area (Å²) in [7, 11) is 0. The minimum atomic E-state index is -1.59. The first-order chi connectivity index (χ1) is 26.8. The van der Waals surface area contributed by atoms with E-state index in [-0.39, 0.29) is 40.2 Å². The largest absolute Gasteiger partial charge is 0.478 e. The lowest BCUT2D eigenvalue weighted by atomic mass is 9.35. The molecule has 0 aromatic heterocycles. The summed E-state index contributed by atoms with van der Waals surface area (Å²) >= 11 is 0. The zero-order valence-electron chi connectivity index (χ0n) is 35.0. The Bertz CT molecular complexity index is 1570. The average Bonchev–Trinajstić information content (AvgIpc) is 3.42. The molecule has 8 unspecified atom stereocenters. The van der Waals surface area contributed by atoms with Gasteiger partial charge < -0.3 is 54.3 Å². The molecule has 6 aliphatic rings. The second-order valence-electron chi connectivity index (χ2n) is 19.1. The van der Waals surface area contributed by atoms with E-state index in [2.05, 4.69) is 40.7 Å². The van der Waals surface area contributed by atoms with Gasteiger partial charge in [0.25, 0.3) is 0 Å². The van der Waals surface area contributed by atoms with Crippen LogP contribution in [0.1, 0.15) is 107 Å². The number of fused-ring (bicyclic) bond motifs is 5. The summed E-state index contributed by atoms with van der Waals surface area (Å²) in [5.74, 6) is -0.0912. The van der Waals surface area contributed by atoms with Crippen molar-refractivity contribution in [3.63, 3.8) is 0 Å². The van der Waals surface area contributed by atoms with Crippen LogP contribution in [0.5, 0.6) is 0 Å². The van der Waals surface area contributed by atoms with E-state index >= 15 is 0 Å². The molecule has 5 fully saturated rings. The SMILES string of the molecule is CC(=O)OC1CC2(C)[C@@H](C[C@@H](C)C3C4(C)CC[C@@H](O[C@@H]5C=C[C@@H](O[C@@H]6OC(CO)[C@@H](O)C(O)C6O)C(CO)O5)[C@@H](C)[C@@H]4CC[C@@]32C)/C1=C(\CCC=C(C)C)C(=O)O. The van der Waals surface area contributed by atoms with Crippen LogP contribution in [0.25, 0.3) is 0 Å². The van der Waals surface area contributed by atoms with Crippen LogP contribution in [0.3, 0.4) is 0 Å². The van der Waals surface area contributed by atoms with Crippen molar-refractivity contribution >= 4 is 11.9 Å². The molecule has 2 heterocycles. The van der Waals surface area contributed by atoms with Crippen LogP contribution in [0.2, 0.25) is 0 Å². The molecule has 2 aliphatic heterocycles. The summed E-state index contributed by atoms with van der Waals surface area (Å²) in [6, 6.07) is 0. The number of carboxylic acid groups (broad SMARTS) is 1. The van der Waals surface area contributed by atoms with Gasteiger partial charge in [0, 0.05) is 12.5 Å². The summed E-state index contributed by atoms with van der Waals surface area (Å²) < 4.78 is 30.3. The van der Waals surface area contributed by atoms with E-state index in [9.17, 15) is 40.2 Å². The summed E-state index contributed by atoms with van der Waals surface area (Å²) in [6.45, 7) is 16.3. The van der Waals surface area contributed by atoms with Gasteiger partial charge in [0.15, 0.2) is 12.6 Å². The van der Waals surface area contributed by atoms with Gasteiger partial charge in [-0.1, -0.05) is 52.3 Å². The lowest BCUT2D eigenvalue weighted by Gasteiger charge is -2.69. The van der Waals surface area contributed by atoms with Crippen LogP contribution < -0.4 is 0 Å². The van der Waals surface area contributed by atoms with Crippen molar-refractivity contribution in [1.82, 2.24) is 0 Å². The molecule has 6 N–H and O–H groups in total. The molecule has 0 aromatic carbocycles. The Kier molecular flexibility index (Phi) is 13.3. The average molecular weight is 805 g/mol. The molecule has 13 nitrogen and oxygen atoms in total. The zero-order chi connectivity index (χ0) is 41.8.